The number of halogens is 2. The summed E-state index contributed by atoms with van der Waals surface area (Å²) in [6.45, 7) is 9.19. The first-order valence-corrected chi connectivity index (χ1v) is 12.3. The predicted octanol–water partition coefficient (Wildman–Crippen LogP) is 8.35. The van der Waals surface area contributed by atoms with Crippen LogP contribution < -0.4 is 0 Å². The number of hydrogen-bond acceptors (Lipinski definition) is 1. The molecule has 0 heterocycles. The molecule has 168 valence electrons. The zero-order valence-corrected chi connectivity index (χ0v) is 19.3. The van der Waals surface area contributed by atoms with Gasteiger partial charge in [-0.15, -0.1) is 0 Å². The number of allylic oxidation sites excluding steroid dienone is 4. The summed E-state index contributed by atoms with van der Waals surface area (Å²) >= 11 is 0. The summed E-state index contributed by atoms with van der Waals surface area (Å²) in [5.41, 5.74) is 0.664. The standard InChI is InChI=1S/C26H44F2O/c1-5-8-9-10-19(4)11-12-20(6-2)21-13-15-22(16-14-21)23-17-18-24(29-7-3)26(28)25(23)27/h17-22,25-26H,5-16H2,1-4H3. The second-order valence-electron chi connectivity index (χ2n) is 9.43. The molecule has 0 bridgehead atoms. The van der Waals surface area contributed by atoms with Gasteiger partial charge in [-0.05, 0) is 74.3 Å². The van der Waals surface area contributed by atoms with E-state index in [4.69, 9.17) is 4.74 Å². The quantitative estimate of drug-likeness (QED) is 0.294. The minimum absolute atomic E-state index is 0.150. The van der Waals surface area contributed by atoms with Crippen LogP contribution in [-0.4, -0.2) is 19.0 Å². The van der Waals surface area contributed by atoms with Gasteiger partial charge in [-0.2, -0.15) is 0 Å². The molecule has 0 saturated heterocycles. The molecule has 0 radical (unpaired) electrons. The van der Waals surface area contributed by atoms with Gasteiger partial charge in [0.25, 0.3) is 0 Å². The zero-order chi connectivity index (χ0) is 21.2. The molecule has 4 unspecified atom stereocenters. The van der Waals surface area contributed by atoms with Crippen molar-refractivity contribution in [2.24, 2.45) is 23.7 Å². The van der Waals surface area contributed by atoms with E-state index in [1.54, 1.807) is 19.1 Å². The van der Waals surface area contributed by atoms with Crippen LogP contribution in [0.2, 0.25) is 0 Å². The number of alkyl halides is 2. The lowest BCUT2D eigenvalue weighted by Gasteiger charge is -2.36. The molecule has 0 aliphatic heterocycles. The molecular formula is C26H44F2O. The average Bonchev–Trinajstić information content (AvgIpc) is 2.73. The van der Waals surface area contributed by atoms with Gasteiger partial charge in [0.15, 0.2) is 12.3 Å². The van der Waals surface area contributed by atoms with Gasteiger partial charge >= 0.3 is 0 Å². The van der Waals surface area contributed by atoms with Crippen LogP contribution in [-0.2, 0) is 4.74 Å². The van der Waals surface area contributed by atoms with E-state index < -0.39 is 12.3 Å². The summed E-state index contributed by atoms with van der Waals surface area (Å²) in [7, 11) is 0. The van der Waals surface area contributed by atoms with Crippen LogP contribution in [0.1, 0.15) is 98.3 Å². The van der Waals surface area contributed by atoms with Gasteiger partial charge in [0.1, 0.15) is 5.76 Å². The maximum atomic E-state index is 14.7. The van der Waals surface area contributed by atoms with Crippen molar-refractivity contribution in [3.63, 3.8) is 0 Å². The van der Waals surface area contributed by atoms with E-state index in [9.17, 15) is 8.78 Å². The van der Waals surface area contributed by atoms with Gasteiger partial charge in [-0.3, -0.25) is 0 Å². The minimum Gasteiger partial charge on any atom is -0.495 e. The van der Waals surface area contributed by atoms with Crippen LogP contribution in [0, 0.1) is 23.7 Å². The first-order valence-electron chi connectivity index (χ1n) is 12.3. The number of unbranched alkanes of at least 4 members (excludes halogenated alkanes) is 2. The molecule has 3 heteroatoms. The second kappa shape index (κ2) is 12.7. The summed E-state index contributed by atoms with van der Waals surface area (Å²) in [5, 5.41) is 0. The molecule has 0 spiro atoms. The highest BCUT2D eigenvalue weighted by Gasteiger charge is 2.37. The van der Waals surface area contributed by atoms with Crippen LogP contribution in [0.25, 0.3) is 0 Å². The Kier molecular flexibility index (Phi) is 10.7. The molecule has 2 rings (SSSR count). The maximum Gasteiger partial charge on any atom is 0.192 e. The van der Waals surface area contributed by atoms with Crippen molar-refractivity contribution in [1.82, 2.24) is 0 Å². The largest absolute Gasteiger partial charge is 0.495 e. The number of rotatable bonds is 12. The third-order valence-corrected chi connectivity index (χ3v) is 7.36. The molecule has 1 saturated carbocycles. The Labute approximate surface area is 178 Å². The zero-order valence-electron chi connectivity index (χ0n) is 19.3. The van der Waals surface area contributed by atoms with Crippen LogP contribution in [0.4, 0.5) is 8.78 Å². The van der Waals surface area contributed by atoms with Crippen molar-refractivity contribution in [1.29, 1.82) is 0 Å². The normalized spacial score (nSPS) is 29.7. The average molecular weight is 411 g/mol. The Hall–Kier alpha value is -0.860. The summed E-state index contributed by atoms with van der Waals surface area (Å²) in [6, 6.07) is 0. The van der Waals surface area contributed by atoms with Crippen LogP contribution in [0.15, 0.2) is 23.5 Å². The topological polar surface area (TPSA) is 9.23 Å². The van der Waals surface area contributed by atoms with Crippen molar-refractivity contribution < 1.29 is 13.5 Å². The molecule has 0 aromatic rings. The lowest BCUT2D eigenvalue weighted by molar-refractivity contribution is 0.109. The van der Waals surface area contributed by atoms with Crippen LogP contribution in [0.5, 0.6) is 0 Å². The van der Waals surface area contributed by atoms with Crippen molar-refractivity contribution in [2.45, 2.75) is 111 Å². The van der Waals surface area contributed by atoms with E-state index >= 15 is 0 Å². The minimum atomic E-state index is -1.63. The summed E-state index contributed by atoms with van der Waals surface area (Å²) in [5.74, 6) is 2.74. The Morgan fingerprint density at radius 1 is 0.931 bits per heavy atom. The van der Waals surface area contributed by atoms with E-state index in [0.29, 0.717) is 12.2 Å². The fourth-order valence-electron chi connectivity index (χ4n) is 5.41. The van der Waals surface area contributed by atoms with Gasteiger partial charge in [0.2, 0.25) is 0 Å². The summed E-state index contributed by atoms with van der Waals surface area (Å²) < 4.78 is 34.3. The lowest BCUT2D eigenvalue weighted by Crippen LogP contribution is -2.32. The number of ether oxygens (including phenoxy) is 1. The van der Waals surface area contributed by atoms with Crippen molar-refractivity contribution in [3.8, 4) is 0 Å². The molecule has 0 N–H and O–H groups in total. The first-order chi connectivity index (χ1) is 14.0. The van der Waals surface area contributed by atoms with E-state index in [1.807, 2.05) is 0 Å². The molecule has 2 aliphatic carbocycles. The fourth-order valence-corrected chi connectivity index (χ4v) is 5.41. The van der Waals surface area contributed by atoms with E-state index in [0.717, 1.165) is 43.4 Å². The predicted molar refractivity (Wildman–Crippen MR) is 119 cm³/mol. The molecule has 0 aromatic heterocycles. The fraction of sp³-hybridized carbons (Fsp3) is 0.846. The van der Waals surface area contributed by atoms with E-state index in [1.165, 1.54) is 44.9 Å². The highest BCUT2D eigenvalue weighted by atomic mass is 19.2. The van der Waals surface area contributed by atoms with Gasteiger partial charge in [-0.25, -0.2) is 8.78 Å². The van der Waals surface area contributed by atoms with Gasteiger partial charge in [-0.1, -0.05) is 65.4 Å². The third kappa shape index (κ3) is 7.10. The molecule has 4 atom stereocenters. The highest BCUT2D eigenvalue weighted by Crippen LogP contribution is 2.43. The highest BCUT2D eigenvalue weighted by molar-refractivity contribution is 5.31. The Bertz CT molecular complexity index is 519. The molecular weight excluding hydrogens is 366 g/mol. The molecule has 0 aromatic carbocycles. The van der Waals surface area contributed by atoms with E-state index in [-0.39, 0.29) is 11.7 Å². The summed E-state index contributed by atoms with van der Waals surface area (Å²) in [4.78, 5) is 0. The number of hydrogen-bond donors (Lipinski definition) is 0. The molecule has 1 nitrogen and oxygen atoms in total. The maximum absolute atomic E-state index is 14.7. The Morgan fingerprint density at radius 3 is 2.28 bits per heavy atom. The molecule has 1 fully saturated rings. The smallest absolute Gasteiger partial charge is 0.192 e. The van der Waals surface area contributed by atoms with Crippen molar-refractivity contribution in [3.05, 3.63) is 23.5 Å². The van der Waals surface area contributed by atoms with Crippen LogP contribution >= 0.6 is 0 Å². The van der Waals surface area contributed by atoms with E-state index in [2.05, 4.69) is 20.8 Å². The first kappa shape index (κ1) is 24.4. The Morgan fingerprint density at radius 2 is 1.66 bits per heavy atom. The summed E-state index contributed by atoms with van der Waals surface area (Å²) in [6.07, 6.45) is 13.9. The van der Waals surface area contributed by atoms with Gasteiger partial charge in [0, 0.05) is 0 Å². The van der Waals surface area contributed by atoms with Crippen molar-refractivity contribution in [2.75, 3.05) is 6.61 Å². The van der Waals surface area contributed by atoms with Gasteiger partial charge < -0.3 is 4.74 Å². The van der Waals surface area contributed by atoms with Gasteiger partial charge in [0.05, 0.1) is 6.61 Å². The molecule has 2 aliphatic rings. The second-order valence-corrected chi connectivity index (χ2v) is 9.43. The monoisotopic (exact) mass is 410 g/mol. The third-order valence-electron chi connectivity index (χ3n) is 7.36. The molecule has 29 heavy (non-hydrogen) atoms. The van der Waals surface area contributed by atoms with Crippen molar-refractivity contribution >= 4 is 0 Å². The van der Waals surface area contributed by atoms with Crippen LogP contribution in [0.3, 0.4) is 0 Å². The SMILES string of the molecule is CCCCCC(C)CCC(CC)C1CCC(C2=CC=C(OCC)C(F)C2F)CC1. The lowest BCUT2D eigenvalue weighted by atomic mass is 9.70. The molecule has 0 amide bonds. The Balaban J connectivity index is 1.82.